The minimum atomic E-state index is -4.35. The Labute approximate surface area is 179 Å². The first-order valence-electron chi connectivity index (χ1n) is 10.2. The van der Waals surface area contributed by atoms with E-state index in [1.54, 1.807) is 31.4 Å². The van der Waals surface area contributed by atoms with Crippen LogP contribution in [-0.4, -0.2) is 61.6 Å². The van der Waals surface area contributed by atoms with Crippen LogP contribution < -0.4 is 4.74 Å². The van der Waals surface area contributed by atoms with Crippen molar-refractivity contribution in [1.82, 2.24) is 9.80 Å². The molecule has 31 heavy (non-hydrogen) atoms. The monoisotopic (exact) mass is 434 g/mol. The number of hydrogen-bond donors (Lipinski definition) is 0. The molecule has 0 aliphatic carbocycles. The van der Waals surface area contributed by atoms with Crippen LogP contribution in [-0.2, 0) is 10.9 Å². The molecular formula is C23H25F3N2O3. The molecule has 2 atom stereocenters. The minimum absolute atomic E-state index is 0.0298. The van der Waals surface area contributed by atoms with Gasteiger partial charge in [-0.25, -0.2) is 0 Å². The SMILES string of the molecule is COc1ccc(C(=O)N2CCC3(COC(c4ccc(C(F)(F)F)cc4)CN3C)C2)cc1. The van der Waals surface area contributed by atoms with Crippen molar-refractivity contribution < 1.29 is 27.4 Å². The quantitative estimate of drug-likeness (QED) is 0.733. The molecule has 2 fully saturated rings. The number of methoxy groups -OCH3 is 1. The summed E-state index contributed by atoms with van der Waals surface area (Å²) in [6.45, 7) is 2.15. The fourth-order valence-corrected chi connectivity index (χ4v) is 4.32. The van der Waals surface area contributed by atoms with E-state index in [-0.39, 0.29) is 17.6 Å². The van der Waals surface area contributed by atoms with Crippen LogP contribution in [0.5, 0.6) is 5.75 Å². The lowest BCUT2D eigenvalue weighted by Gasteiger charge is -2.45. The smallest absolute Gasteiger partial charge is 0.416 e. The number of hydrogen-bond acceptors (Lipinski definition) is 4. The molecule has 166 valence electrons. The first-order valence-corrected chi connectivity index (χ1v) is 10.2. The normalized spacial score (nSPS) is 24.5. The molecule has 0 aromatic heterocycles. The molecule has 1 amide bonds. The van der Waals surface area contributed by atoms with E-state index in [0.717, 1.165) is 24.1 Å². The van der Waals surface area contributed by atoms with Gasteiger partial charge >= 0.3 is 6.18 Å². The van der Waals surface area contributed by atoms with E-state index in [4.69, 9.17) is 9.47 Å². The van der Waals surface area contributed by atoms with Crippen molar-refractivity contribution in [3.8, 4) is 5.75 Å². The van der Waals surface area contributed by atoms with Gasteiger partial charge in [-0.1, -0.05) is 12.1 Å². The van der Waals surface area contributed by atoms with Gasteiger partial charge in [0.05, 0.1) is 30.9 Å². The molecule has 0 saturated carbocycles. The molecule has 5 nitrogen and oxygen atoms in total. The number of rotatable bonds is 3. The lowest BCUT2D eigenvalue weighted by Crippen LogP contribution is -2.57. The summed E-state index contributed by atoms with van der Waals surface area (Å²) >= 11 is 0. The molecule has 0 bridgehead atoms. The number of likely N-dealkylation sites (N-methyl/N-ethyl adjacent to an activating group) is 1. The fourth-order valence-electron chi connectivity index (χ4n) is 4.32. The highest BCUT2D eigenvalue weighted by Gasteiger charge is 2.47. The number of ether oxygens (including phenoxy) is 2. The number of morpholine rings is 1. The third kappa shape index (κ3) is 4.27. The van der Waals surface area contributed by atoms with Gasteiger partial charge in [0.2, 0.25) is 0 Å². The van der Waals surface area contributed by atoms with Crippen molar-refractivity contribution in [3.63, 3.8) is 0 Å². The molecule has 2 unspecified atom stereocenters. The predicted molar refractivity (Wildman–Crippen MR) is 109 cm³/mol. The van der Waals surface area contributed by atoms with E-state index < -0.39 is 11.7 Å². The Bertz CT molecular complexity index is 931. The number of alkyl halides is 3. The maximum absolute atomic E-state index is 12.9. The van der Waals surface area contributed by atoms with Gasteiger partial charge in [0, 0.05) is 25.2 Å². The highest BCUT2D eigenvalue weighted by Crippen LogP contribution is 2.37. The molecule has 2 aromatic carbocycles. The second kappa shape index (κ2) is 8.16. The standard InChI is InChI=1S/C23H25F3N2O3/c1-27-13-20(16-3-7-18(8-4-16)23(24,25)26)31-15-22(27)11-12-28(14-22)21(29)17-5-9-19(30-2)10-6-17/h3-10,20H,11-15H2,1-2H3. The first-order chi connectivity index (χ1) is 14.7. The Hall–Kier alpha value is -2.58. The Kier molecular flexibility index (Phi) is 5.70. The summed E-state index contributed by atoms with van der Waals surface area (Å²) in [5, 5.41) is 0. The van der Waals surface area contributed by atoms with E-state index in [1.807, 2.05) is 11.9 Å². The number of benzene rings is 2. The zero-order chi connectivity index (χ0) is 22.2. The summed E-state index contributed by atoms with van der Waals surface area (Å²) in [7, 11) is 3.57. The second-order valence-electron chi connectivity index (χ2n) is 8.23. The van der Waals surface area contributed by atoms with Crippen LogP contribution in [0.4, 0.5) is 13.2 Å². The molecule has 8 heteroatoms. The van der Waals surface area contributed by atoms with Crippen molar-refractivity contribution in [2.24, 2.45) is 0 Å². The third-order valence-corrected chi connectivity index (χ3v) is 6.37. The Morgan fingerprint density at radius 3 is 2.39 bits per heavy atom. The molecule has 4 rings (SSSR count). The number of likely N-dealkylation sites (tertiary alicyclic amines) is 1. The molecule has 2 aliphatic heterocycles. The summed E-state index contributed by atoms with van der Waals surface area (Å²) in [5.41, 5.74) is 0.379. The highest BCUT2D eigenvalue weighted by atomic mass is 19.4. The van der Waals surface area contributed by atoms with Crippen LogP contribution >= 0.6 is 0 Å². The Morgan fingerprint density at radius 2 is 1.81 bits per heavy atom. The van der Waals surface area contributed by atoms with E-state index in [0.29, 0.717) is 37.6 Å². The average molecular weight is 434 g/mol. The van der Waals surface area contributed by atoms with Crippen molar-refractivity contribution in [1.29, 1.82) is 0 Å². The van der Waals surface area contributed by atoms with Gasteiger partial charge in [0.25, 0.3) is 5.91 Å². The minimum Gasteiger partial charge on any atom is -0.497 e. The van der Waals surface area contributed by atoms with Crippen LogP contribution in [0.3, 0.4) is 0 Å². The molecule has 2 heterocycles. The molecule has 0 N–H and O–H groups in total. The summed E-state index contributed by atoms with van der Waals surface area (Å²) in [5.74, 6) is 0.668. The molecule has 0 radical (unpaired) electrons. The topological polar surface area (TPSA) is 42.0 Å². The lowest BCUT2D eigenvalue weighted by atomic mass is 9.93. The highest BCUT2D eigenvalue weighted by molar-refractivity contribution is 5.94. The zero-order valence-electron chi connectivity index (χ0n) is 17.5. The van der Waals surface area contributed by atoms with Crippen molar-refractivity contribution >= 4 is 5.91 Å². The van der Waals surface area contributed by atoms with Crippen molar-refractivity contribution in [3.05, 3.63) is 65.2 Å². The summed E-state index contributed by atoms with van der Waals surface area (Å²) in [4.78, 5) is 16.9. The van der Waals surface area contributed by atoms with Crippen LogP contribution in [0.2, 0.25) is 0 Å². The third-order valence-electron chi connectivity index (χ3n) is 6.37. The van der Waals surface area contributed by atoms with Crippen LogP contribution in [0, 0.1) is 0 Å². The molecule has 2 saturated heterocycles. The molecular weight excluding hydrogens is 409 g/mol. The lowest BCUT2D eigenvalue weighted by molar-refractivity contribution is -0.137. The molecule has 1 spiro atoms. The maximum Gasteiger partial charge on any atom is 0.416 e. The largest absolute Gasteiger partial charge is 0.497 e. The summed E-state index contributed by atoms with van der Waals surface area (Å²) in [6.07, 6.45) is -3.87. The summed E-state index contributed by atoms with van der Waals surface area (Å²) < 4.78 is 49.7. The number of carbonyl (C=O) groups excluding carboxylic acids is 1. The van der Waals surface area contributed by atoms with Crippen molar-refractivity contribution in [2.75, 3.05) is 40.4 Å². The Balaban J connectivity index is 1.41. The molecule has 2 aliphatic rings. The van der Waals surface area contributed by atoms with Crippen LogP contribution in [0.15, 0.2) is 48.5 Å². The van der Waals surface area contributed by atoms with Crippen LogP contribution in [0.1, 0.15) is 34.0 Å². The fraction of sp³-hybridized carbons (Fsp3) is 0.435. The number of nitrogens with zero attached hydrogens (tertiary/aromatic N) is 2. The van der Waals surface area contributed by atoms with E-state index >= 15 is 0 Å². The number of carbonyl (C=O) groups is 1. The van der Waals surface area contributed by atoms with Gasteiger partial charge in [-0.15, -0.1) is 0 Å². The Morgan fingerprint density at radius 1 is 1.13 bits per heavy atom. The zero-order valence-corrected chi connectivity index (χ0v) is 17.5. The average Bonchev–Trinajstić information content (AvgIpc) is 3.20. The van der Waals surface area contributed by atoms with E-state index in [9.17, 15) is 18.0 Å². The van der Waals surface area contributed by atoms with Gasteiger partial charge < -0.3 is 14.4 Å². The van der Waals surface area contributed by atoms with E-state index in [1.165, 1.54) is 12.1 Å². The summed E-state index contributed by atoms with van der Waals surface area (Å²) in [6, 6.07) is 12.2. The van der Waals surface area contributed by atoms with Crippen molar-refractivity contribution in [2.45, 2.75) is 24.2 Å². The van der Waals surface area contributed by atoms with Gasteiger partial charge in [-0.05, 0) is 55.4 Å². The van der Waals surface area contributed by atoms with Gasteiger partial charge in [0.15, 0.2) is 0 Å². The van der Waals surface area contributed by atoms with Gasteiger partial charge in [0.1, 0.15) is 5.75 Å². The van der Waals surface area contributed by atoms with Gasteiger partial charge in [-0.3, -0.25) is 9.69 Å². The van der Waals surface area contributed by atoms with Gasteiger partial charge in [-0.2, -0.15) is 13.2 Å². The van der Waals surface area contributed by atoms with Crippen LogP contribution in [0.25, 0.3) is 0 Å². The van der Waals surface area contributed by atoms with E-state index in [2.05, 4.69) is 4.90 Å². The first kappa shape index (κ1) is 21.6. The predicted octanol–water partition coefficient (Wildman–Crippen LogP) is 4.00. The number of amides is 1. The second-order valence-corrected chi connectivity index (χ2v) is 8.23. The maximum atomic E-state index is 12.9. The molecule has 2 aromatic rings. The number of halogens is 3.